The molecular weight excluding hydrogens is 344 g/mol. The molecule has 0 spiro atoms. The van der Waals surface area contributed by atoms with Gasteiger partial charge >= 0.3 is 0 Å². The molecule has 0 aromatic heterocycles. The second kappa shape index (κ2) is 7.33. The lowest BCUT2D eigenvalue weighted by Gasteiger charge is -2.46. The highest BCUT2D eigenvalue weighted by Gasteiger charge is 2.40. The molecule has 1 aromatic carbocycles. The van der Waals surface area contributed by atoms with Crippen molar-refractivity contribution in [3.05, 3.63) is 23.8 Å². The lowest BCUT2D eigenvalue weighted by atomic mass is 9.80. The summed E-state index contributed by atoms with van der Waals surface area (Å²) in [6.45, 7) is 8.99. The van der Waals surface area contributed by atoms with Gasteiger partial charge in [0.15, 0.2) is 0 Å². The molecule has 2 aliphatic rings. The van der Waals surface area contributed by atoms with Crippen LogP contribution in [-0.4, -0.2) is 41.3 Å². The third kappa shape index (κ3) is 3.70. The highest BCUT2D eigenvalue weighted by Crippen LogP contribution is 2.44. The van der Waals surface area contributed by atoms with Crippen molar-refractivity contribution in [2.24, 2.45) is 0 Å². The molecule has 6 heteroatoms. The highest BCUT2D eigenvalue weighted by molar-refractivity contribution is 6.03. The molecule has 2 heterocycles. The Morgan fingerprint density at radius 1 is 1.22 bits per heavy atom. The zero-order chi connectivity index (χ0) is 19.8. The van der Waals surface area contributed by atoms with Crippen molar-refractivity contribution in [2.75, 3.05) is 18.1 Å². The Hall–Kier alpha value is -2.37. The summed E-state index contributed by atoms with van der Waals surface area (Å²) >= 11 is 0. The minimum Gasteiger partial charge on any atom is -0.494 e. The average molecular weight is 372 g/mol. The molecule has 6 nitrogen and oxygen atoms in total. The number of hydrogen-bond acceptors (Lipinski definition) is 4. The van der Waals surface area contributed by atoms with Crippen LogP contribution in [0.5, 0.6) is 5.75 Å². The zero-order valence-electron chi connectivity index (χ0n) is 16.6. The van der Waals surface area contributed by atoms with Gasteiger partial charge in [0, 0.05) is 37.0 Å². The summed E-state index contributed by atoms with van der Waals surface area (Å²) in [7, 11) is 0. The van der Waals surface area contributed by atoms with Crippen LogP contribution in [0.2, 0.25) is 0 Å². The van der Waals surface area contributed by atoms with Gasteiger partial charge in [-0.2, -0.15) is 0 Å². The lowest BCUT2D eigenvalue weighted by molar-refractivity contribution is -0.138. The van der Waals surface area contributed by atoms with E-state index in [1.54, 1.807) is 0 Å². The van der Waals surface area contributed by atoms with Crippen LogP contribution >= 0.6 is 0 Å². The van der Waals surface area contributed by atoms with Crippen LogP contribution in [0.25, 0.3) is 0 Å². The first-order valence-corrected chi connectivity index (χ1v) is 9.67. The molecule has 0 N–H and O–H groups in total. The van der Waals surface area contributed by atoms with Crippen LogP contribution in [0.1, 0.15) is 64.9 Å². The van der Waals surface area contributed by atoms with E-state index < -0.39 is 0 Å². The molecule has 0 radical (unpaired) electrons. The van der Waals surface area contributed by atoms with Crippen LogP contribution in [0.15, 0.2) is 18.2 Å². The maximum Gasteiger partial charge on any atom is 0.229 e. The van der Waals surface area contributed by atoms with Crippen LogP contribution < -0.4 is 9.64 Å². The summed E-state index contributed by atoms with van der Waals surface area (Å²) in [4.78, 5) is 39.8. The quantitative estimate of drug-likeness (QED) is 0.744. The number of rotatable bonds is 5. The van der Waals surface area contributed by atoms with Gasteiger partial charge in [0.05, 0.1) is 6.61 Å². The van der Waals surface area contributed by atoms with Crippen molar-refractivity contribution in [3.63, 3.8) is 0 Å². The fourth-order valence-electron chi connectivity index (χ4n) is 4.33. The Kier molecular flexibility index (Phi) is 5.27. The van der Waals surface area contributed by atoms with Gasteiger partial charge in [-0.05, 0) is 56.9 Å². The van der Waals surface area contributed by atoms with Gasteiger partial charge in [0.1, 0.15) is 5.75 Å². The first-order valence-electron chi connectivity index (χ1n) is 9.67. The SMILES string of the molecule is CCOc1ccc2c(c1)C(C)CC(C)(C)N2C(=O)CCN1C(=O)CCC1=O. The average Bonchev–Trinajstić information content (AvgIpc) is 2.91. The van der Waals surface area contributed by atoms with Crippen molar-refractivity contribution in [2.45, 2.75) is 64.8 Å². The van der Waals surface area contributed by atoms with Gasteiger partial charge in [-0.1, -0.05) is 6.92 Å². The Balaban J connectivity index is 1.84. The molecule has 3 rings (SSSR count). The largest absolute Gasteiger partial charge is 0.494 e. The Morgan fingerprint density at radius 2 is 1.89 bits per heavy atom. The number of nitrogens with zero attached hydrogens (tertiary/aromatic N) is 2. The van der Waals surface area contributed by atoms with Crippen LogP contribution in [0, 0.1) is 0 Å². The van der Waals surface area contributed by atoms with Crippen molar-refractivity contribution in [1.82, 2.24) is 4.90 Å². The molecule has 1 aromatic rings. The maximum atomic E-state index is 13.1. The summed E-state index contributed by atoms with van der Waals surface area (Å²) in [6.07, 6.45) is 1.48. The number of benzene rings is 1. The monoisotopic (exact) mass is 372 g/mol. The number of hydrogen-bond donors (Lipinski definition) is 0. The number of carbonyl (C=O) groups is 3. The number of imide groups is 1. The molecule has 27 heavy (non-hydrogen) atoms. The van der Waals surface area contributed by atoms with Gasteiger partial charge in [0.2, 0.25) is 17.7 Å². The second-order valence-corrected chi connectivity index (χ2v) is 7.99. The number of likely N-dealkylation sites (tertiary alicyclic amines) is 1. The normalized spacial score (nSPS) is 21.4. The first-order chi connectivity index (χ1) is 12.7. The van der Waals surface area contributed by atoms with E-state index in [0.29, 0.717) is 12.5 Å². The smallest absolute Gasteiger partial charge is 0.229 e. The van der Waals surface area contributed by atoms with Crippen LogP contribution in [0.4, 0.5) is 5.69 Å². The van der Waals surface area contributed by atoms with E-state index in [-0.39, 0.29) is 49.1 Å². The van der Waals surface area contributed by atoms with E-state index in [0.717, 1.165) is 23.4 Å². The van der Waals surface area contributed by atoms with Crippen molar-refractivity contribution in [1.29, 1.82) is 0 Å². The first kappa shape index (κ1) is 19.4. The molecule has 1 saturated heterocycles. The Morgan fingerprint density at radius 3 is 2.52 bits per heavy atom. The minimum atomic E-state index is -0.338. The fourth-order valence-corrected chi connectivity index (χ4v) is 4.33. The van der Waals surface area contributed by atoms with Crippen molar-refractivity contribution < 1.29 is 19.1 Å². The highest BCUT2D eigenvalue weighted by atomic mass is 16.5. The predicted octanol–water partition coefficient (Wildman–Crippen LogP) is 3.24. The van der Waals surface area contributed by atoms with Gasteiger partial charge in [-0.25, -0.2) is 0 Å². The number of carbonyl (C=O) groups excluding carboxylic acids is 3. The van der Waals surface area contributed by atoms with Crippen molar-refractivity contribution >= 4 is 23.4 Å². The van der Waals surface area contributed by atoms with Crippen molar-refractivity contribution in [3.8, 4) is 5.75 Å². The molecule has 1 fully saturated rings. The number of amides is 3. The van der Waals surface area contributed by atoms with Gasteiger partial charge in [-0.15, -0.1) is 0 Å². The topological polar surface area (TPSA) is 66.9 Å². The summed E-state index contributed by atoms with van der Waals surface area (Å²) in [5, 5.41) is 0. The van der Waals surface area contributed by atoms with E-state index in [2.05, 4.69) is 20.8 Å². The summed E-state index contributed by atoms with van der Waals surface area (Å²) in [6, 6.07) is 5.86. The third-order valence-electron chi connectivity index (χ3n) is 5.45. The zero-order valence-corrected chi connectivity index (χ0v) is 16.6. The number of fused-ring (bicyclic) bond motifs is 1. The Bertz CT molecular complexity index is 755. The number of ether oxygens (including phenoxy) is 1. The standard InChI is InChI=1S/C21H28N2O4/c1-5-27-15-6-7-17-16(12-15)14(2)13-21(3,4)23(17)20(26)10-11-22-18(24)8-9-19(22)25/h6-7,12,14H,5,8-11,13H2,1-4H3. The third-order valence-corrected chi connectivity index (χ3v) is 5.45. The summed E-state index contributed by atoms with van der Waals surface area (Å²) < 4.78 is 5.62. The molecule has 0 bridgehead atoms. The second-order valence-electron chi connectivity index (χ2n) is 7.99. The molecule has 1 unspecified atom stereocenters. The van der Waals surface area contributed by atoms with Crippen LogP contribution in [-0.2, 0) is 14.4 Å². The van der Waals surface area contributed by atoms with Crippen LogP contribution in [0.3, 0.4) is 0 Å². The predicted molar refractivity (Wildman–Crippen MR) is 103 cm³/mol. The Labute approximate surface area is 160 Å². The van der Waals surface area contributed by atoms with E-state index >= 15 is 0 Å². The molecule has 0 aliphatic carbocycles. The molecule has 146 valence electrons. The van der Waals surface area contributed by atoms with Gasteiger partial charge in [0.25, 0.3) is 0 Å². The molecule has 1 atom stereocenters. The lowest BCUT2D eigenvalue weighted by Crippen LogP contribution is -2.52. The minimum absolute atomic E-state index is 0.0650. The molecule has 3 amide bonds. The van der Waals surface area contributed by atoms with Gasteiger partial charge in [-0.3, -0.25) is 19.3 Å². The van der Waals surface area contributed by atoms with E-state index in [1.807, 2.05) is 30.0 Å². The number of anilines is 1. The summed E-state index contributed by atoms with van der Waals surface area (Å²) in [5.41, 5.74) is 1.66. The summed E-state index contributed by atoms with van der Waals surface area (Å²) in [5.74, 6) is 0.691. The molecule has 2 aliphatic heterocycles. The van der Waals surface area contributed by atoms with E-state index in [1.165, 1.54) is 4.90 Å². The van der Waals surface area contributed by atoms with E-state index in [9.17, 15) is 14.4 Å². The molecular formula is C21H28N2O4. The van der Waals surface area contributed by atoms with E-state index in [4.69, 9.17) is 4.74 Å². The fraction of sp³-hybridized carbons (Fsp3) is 0.571. The maximum absolute atomic E-state index is 13.1. The van der Waals surface area contributed by atoms with Gasteiger partial charge < -0.3 is 9.64 Å². The molecule has 0 saturated carbocycles.